The average molecular weight is 500 g/mol. The molecule has 27 heavy (non-hydrogen) atoms. The number of aromatic nitrogens is 1. The zero-order valence-corrected chi connectivity index (χ0v) is 18.2. The quantitative estimate of drug-likeness (QED) is 0.366. The lowest BCUT2D eigenvalue weighted by atomic mass is 10.1. The molecule has 0 aliphatic carbocycles. The normalized spacial score (nSPS) is 11.5. The van der Waals surface area contributed by atoms with Crippen molar-refractivity contribution < 1.29 is 18.7 Å². The molecule has 0 saturated carbocycles. The van der Waals surface area contributed by atoms with Crippen LogP contribution in [0, 0.1) is 9.39 Å². The van der Waals surface area contributed by atoms with Gasteiger partial charge in [0.25, 0.3) is 0 Å². The van der Waals surface area contributed by atoms with Crippen LogP contribution >= 0.6 is 33.9 Å². The van der Waals surface area contributed by atoms with Crippen molar-refractivity contribution in [2.45, 2.75) is 26.4 Å². The number of benzene rings is 1. The van der Waals surface area contributed by atoms with Crippen LogP contribution in [0.1, 0.15) is 31.1 Å². The fourth-order valence-electron chi connectivity index (χ4n) is 2.41. The Morgan fingerprint density at radius 2 is 2.00 bits per heavy atom. The smallest absolute Gasteiger partial charge is 0.342 e. The van der Waals surface area contributed by atoms with Crippen LogP contribution in [0.25, 0.3) is 10.2 Å². The number of thiophene rings is 1. The molecule has 0 unspecified atom stereocenters. The highest BCUT2D eigenvalue weighted by atomic mass is 127. The van der Waals surface area contributed by atoms with E-state index >= 15 is 0 Å². The van der Waals surface area contributed by atoms with Gasteiger partial charge in [0, 0.05) is 15.0 Å². The van der Waals surface area contributed by atoms with Crippen LogP contribution in [0.2, 0.25) is 0 Å². The zero-order chi connectivity index (χ0) is 19.8. The number of carbonyl (C=O) groups excluding carboxylic acids is 1. The van der Waals surface area contributed by atoms with Crippen molar-refractivity contribution >= 4 is 60.8 Å². The third kappa shape index (κ3) is 4.49. The summed E-state index contributed by atoms with van der Waals surface area (Å²) in [5.74, 6) is -0.458. The molecule has 8 heteroatoms. The predicted molar refractivity (Wildman–Crippen MR) is 114 cm³/mol. The third-order valence-corrected chi connectivity index (χ3v) is 5.21. The van der Waals surface area contributed by atoms with Crippen molar-refractivity contribution in [3.05, 3.63) is 45.3 Å². The molecule has 1 aromatic carbocycles. The number of carbonyl (C=O) groups is 1. The Morgan fingerprint density at radius 3 is 2.63 bits per heavy atom. The van der Waals surface area contributed by atoms with Gasteiger partial charge in [0.2, 0.25) is 5.88 Å². The summed E-state index contributed by atoms with van der Waals surface area (Å²) in [6.45, 7) is 5.39. The molecule has 2 heterocycles. The number of halogens is 2. The van der Waals surface area contributed by atoms with E-state index < -0.39 is 17.4 Å². The zero-order valence-electron chi connectivity index (χ0n) is 15.2. The Labute approximate surface area is 174 Å². The summed E-state index contributed by atoms with van der Waals surface area (Å²) in [4.78, 5) is 17.8. The first-order chi connectivity index (χ1) is 12.7. The van der Waals surface area contributed by atoms with E-state index in [1.807, 2.05) is 22.6 Å². The highest BCUT2D eigenvalue weighted by Crippen LogP contribution is 2.39. The molecule has 0 aliphatic heterocycles. The van der Waals surface area contributed by atoms with E-state index in [1.165, 1.54) is 24.5 Å². The maximum absolute atomic E-state index is 14.3. The fourth-order valence-corrected chi connectivity index (χ4v) is 3.93. The number of hydrogen-bond donors (Lipinski definition) is 1. The largest absolute Gasteiger partial charge is 0.481 e. The van der Waals surface area contributed by atoms with Crippen molar-refractivity contribution in [3.63, 3.8) is 0 Å². The number of nitrogens with zero attached hydrogens (tertiary/aromatic N) is 1. The first kappa shape index (κ1) is 19.8. The lowest BCUT2D eigenvalue weighted by Gasteiger charge is -2.20. The van der Waals surface area contributed by atoms with Gasteiger partial charge in [-0.05, 0) is 67.6 Å². The van der Waals surface area contributed by atoms with E-state index in [4.69, 9.17) is 9.47 Å². The van der Waals surface area contributed by atoms with Crippen LogP contribution in [0.4, 0.5) is 15.1 Å². The minimum atomic E-state index is -0.656. The van der Waals surface area contributed by atoms with Crippen LogP contribution in [-0.2, 0) is 4.74 Å². The van der Waals surface area contributed by atoms with Gasteiger partial charge < -0.3 is 14.8 Å². The molecule has 5 nitrogen and oxygen atoms in total. The summed E-state index contributed by atoms with van der Waals surface area (Å²) >= 11 is 3.29. The van der Waals surface area contributed by atoms with Crippen LogP contribution in [0.15, 0.2) is 30.3 Å². The molecule has 2 aromatic heterocycles. The summed E-state index contributed by atoms with van der Waals surface area (Å²) < 4.78 is 25.8. The van der Waals surface area contributed by atoms with Crippen molar-refractivity contribution in [1.82, 2.24) is 4.98 Å². The molecule has 142 valence electrons. The molecule has 0 saturated heterocycles. The molecule has 1 N–H and O–H groups in total. The molecular weight excluding hydrogens is 482 g/mol. The van der Waals surface area contributed by atoms with Crippen molar-refractivity contribution in [3.8, 4) is 5.88 Å². The maximum atomic E-state index is 14.3. The van der Waals surface area contributed by atoms with Crippen molar-refractivity contribution in [1.29, 1.82) is 0 Å². The highest BCUT2D eigenvalue weighted by Gasteiger charge is 2.26. The minimum Gasteiger partial charge on any atom is -0.481 e. The monoisotopic (exact) mass is 500 g/mol. The summed E-state index contributed by atoms with van der Waals surface area (Å²) in [6, 6.07) is 8.28. The van der Waals surface area contributed by atoms with Crippen LogP contribution in [0.3, 0.4) is 0 Å². The number of fused-ring (bicyclic) bond motifs is 1. The van der Waals surface area contributed by atoms with E-state index in [0.717, 1.165) is 3.57 Å². The molecule has 3 rings (SSSR count). The molecule has 0 bridgehead atoms. The van der Waals surface area contributed by atoms with E-state index in [9.17, 15) is 9.18 Å². The highest BCUT2D eigenvalue weighted by molar-refractivity contribution is 14.1. The van der Waals surface area contributed by atoms with Gasteiger partial charge in [0.05, 0.1) is 12.8 Å². The van der Waals surface area contributed by atoms with Gasteiger partial charge >= 0.3 is 5.97 Å². The number of nitrogens with one attached hydrogen (secondary N) is 1. The number of pyridine rings is 1. The second-order valence-electron chi connectivity index (χ2n) is 6.76. The second kappa shape index (κ2) is 7.59. The van der Waals surface area contributed by atoms with Gasteiger partial charge in [-0.25, -0.2) is 14.2 Å². The lowest BCUT2D eigenvalue weighted by Crippen LogP contribution is -2.24. The molecule has 0 spiro atoms. The number of anilines is 2. The Morgan fingerprint density at radius 1 is 1.26 bits per heavy atom. The number of hydrogen-bond acceptors (Lipinski definition) is 6. The standard InChI is InChI=1S/C19H18FIN2O3S/c1-19(2,3)26-18(24)15-11-6-8-14(25-4)23-16(11)27-17(15)22-13-7-5-10(21)9-12(13)20/h5-9,22H,1-4H3. The summed E-state index contributed by atoms with van der Waals surface area (Å²) in [6.07, 6.45) is 0. The van der Waals surface area contributed by atoms with Gasteiger partial charge in [-0.2, -0.15) is 0 Å². The van der Waals surface area contributed by atoms with E-state index in [0.29, 0.717) is 26.7 Å². The first-order valence-electron chi connectivity index (χ1n) is 8.11. The van der Waals surface area contributed by atoms with Gasteiger partial charge in [-0.3, -0.25) is 0 Å². The van der Waals surface area contributed by atoms with Gasteiger partial charge in [-0.15, -0.1) is 0 Å². The van der Waals surface area contributed by atoms with Crippen LogP contribution in [-0.4, -0.2) is 23.7 Å². The van der Waals surface area contributed by atoms with Gasteiger partial charge in [0.1, 0.15) is 26.8 Å². The summed E-state index contributed by atoms with van der Waals surface area (Å²) in [7, 11) is 1.52. The topological polar surface area (TPSA) is 60.5 Å². The molecule has 3 aromatic rings. The maximum Gasteiger partial charge on any atom is 0.342 e. The molecule has 0 atom stereocenters. The van der Waals surface area contributed by atoms with Crippen LogP contribution in [0.5, 0.6) is 5.88 Å². The van der Waals surface area contributed by atoms with E-state index in [2.05, 4.69) is 10.3 Å². The van der Waals surface area contributed by atoms with Crippen LogP contribution < -0.4 is 10.1 Å². The van der Waals surface area contributed by atoms with Crippen molar-refractivity contribution in [2.24, 2.45) is 0 Å². The molecule has 0 fully saturated rings. The number of esters is 1. The Bertz CT molecular complexity index is 1010. The average Bonchev–Trinajstić information content (AvgIpc) is 2.92. The third-order valence-electron chi connectivity index (χ3n) is 3.52. The fraction of sp³-hybridized carbons (Fsp3) is 0.263. The number of rotatable bonds is 4. The first-order valence-corrected chi connectivity index (χ1v) is 10.0. The molecule has 0 amide bonds. The van der Waals surface area contributed by atoms with Gasteiger partial charge in [0.15, 0.2) is 0 Å². The number of methoxy groups -OCH3 is 1. The Kier molecular flexibility index (Phi) is 5.57. The SMILES string of the molecule is COc1ccc2c(C(=O)OC(C)(C)C)c(Nc3ccc(I)cc3F)sc2n1. The minimum absolute atomic E-state index is 0.277. The molecular formula is C19H18FIN2O3S. The summed E-state index contributed by atoms with van der Waals surface area (Å²) in [5.41, 5.74) is -0.0480. The Balaban J connectivity index is 2.11. The Hall–Kier alpha value is -1.94. The van der Waals surface area contributed by atoms with Gasteiger partial charge in [-0.1, -0.05) is 11.3 Å². The van der Waals surface area contributed by atoms with Crippen molar-refractivity contribution in [2.75, 3.05) is 12.4 Å². The molecule has 0 radical (unpaired) electrons. The number of ether oxygens (including phenoxy) is 2. The summed E-state index contributed by atoms with van der Waals surface area (Å²) in [5, 5.41) is 4.12. The lowest BCUT2D eigenvalue weighted by molar-refractivity contribution is 0.00734. The van der Waals surface area contributed by atoms with E-state index in [1.54, 1.807) is 45.0 Å². The van der Waals surface area contributed by atoms with E-state index in [-0.39, 0.29) is 5.69 Å². The predicted octanol–water partition coefficient (Wildman–Crippen LogP) is 5.75. The second-order valence-corrected chi connectivity index (χ2v) is 9.01. The molecule has 0 aliphatic rings.